The summed E-state index contributed by atoms with van der Waals surface area (Å²) in [6, 6.07) is 8.47. The van der Waals surface area contributed by atoms with E-state index in [9.17, 15) is 0 Å². The van der Waals surface area contributed by atoms with E-state index in [2.05, 4.69) is 31.3 Å². The van der Waals surface area contributed by atoms with E-state index in [1.807, 2.05) is 12.1 Å². The number of nitrogens with one attached hydrogen (secondary N) is 1. The Bertz CT molecular complexity index is 295. The molecule has 0 saturated heterocycles. The van der Waals surface area contributed by atoms with Gasteiger partial charge in [0.1, 0.15) is 5.75 Å². The monoisotopic (exact) mass is 222 g/mol. The molecular weight excluding hydrogens is 200 g/mol. The largest absolute Gasteiger partial charge is 0.497 e. The van der Waals surface area contributed by atoms with Gasteiger partial charge in [0.15, 0.2) is 0 Å². The first kappa shape index (κ1) is 13.0. The molecule has 0 saturated carbocycles. The highest BCUT2D eigenvalue weighted by Crippen LogP contribution is 2.11. The van der Waals surface area contributed by atoms with Gasteiger partial charge in [0.25, 0.3) is 0 Å². The Morgan fingerprint density at radius 1 is 1.25 bits per heavy atom. The highest BCUT2D eigenvalue weighted by molar-refractivity contribution is 5.27. The zero-order chi connectivity index (χ0) is 12.0. The molecule has 0 aliphatic rings. The SMILES string of the molecule is COc1ccc(CNC(CN)C(C)C)cc1. The van der Waals surface area contributed by atoms with Crippen LogP contribution >= 0.6 is 0 Å². The number of benzene rings is 1. The molecule has 1 aromatic carbocycles. The van der Waals surface area contributed by atoms with Crippen molar-refractivity contribution in [3.05, 3.63) is 29.8 Å². The summed E-state index contributed by atoms with van der Waals surface area (Å²) >= 11 is 0. The third-order valence-corrected chi connectivity index (χ3v) is 2.79. The summed E-state index contributed by atoms with van der Waals surface area (Å²) in [6.45, 7) is 5.88. The fourth-order valence-corrected chi connectivity index (χ4v) is 1.58. The Morgan fingerprint density at radius 3 is 2.31 bits per heavy atom. The van der Waals surface area contributed by atoms with Gasteiger partial charge >= 0.3 is 0 Å². The number of ether oxygens (including phenoxy) is 1. The van der Waals surface area contributed by atoms with Crippen LogP contribution in [0.3, 0.4) is 0 Å². The summed E-state index contributed by atoms with van der Waals surface area (Å²) in [4.78, 5) is 0. The van der Waals surface area contributed by atoms with Crippen molar-refractivity contribution in [1.29, 1.82) is 0 Å². The van der Waals surface area contributed by atoms with E-state index in [0.29, 0.717) is 18.5 Å². The summed E-state index contributed by atoms with van der Waals surface area (Å²) in [7, 11) is 1.68. The lowest BCUT2D eigenvalue weighted by atomic mass is 10.0. The lowest BCUT2D eigenvalue weighted by Gasteiger charge is -2.20. The molecule has 1 unspecified atom stereocenters. The maximum absolute atomic E-state index is 5.70. The van der Waals surface area contributed by atoms with Gasteiger partial charge in [-0.2, -0.15) is 0 Å². The number of nitrogens with two attached hydrogens (primary N) is 1. The van der Waals surface area contributed by atoms with Crippen LogP contribution < -0.4 is 15.8 Å². The van der Waals surface area contributed by atoms with Crippen LogP contribution in [0.2, 0.25) is 0 Å². The summed E-state index contributed by atoms with van der Waals surface area (Å²) in [5.41, 5.74) is 6.95. The van der Waals surface area contributed by atoms with E-state index < -0.39 is 0 Å². The van der Waals surface area contributed by atoms with Crippen molar-refractivity contribution in [2.45, 2.75) is 26.4 Å². The number of rotatable bonds is 6. The smallest absolute Gasteiger partial charge is 0.118 e. The molecule has 0 bridgehead atoms. The highest BCUT2D eigenvalue weighted by atomic mass is 16.5. The van der Waals surface area contributed by atoms with Gasteiger partial charge in [-0.05, 0) is 23.6 Å². The van der Waals surface area contributed by atoms with Gasteiger partial charge in [-0.15, -0.1) is 0 Å². The molecule has 0 heterocycles. The summed E-state index contributed by atoms with van der Waals surface area (Å²) in [6.07, 6.45) is 0. The van der Waals surface area contributed by atoms with Gasteiger partial charge in [0.05, 0.1) is 7.11 Å². The third-order valence-electron chi connectivity index (χ3n) is 2.79. The second-order valence-electron chi connectivity index (χ2n) is 4.32. The molecule has 0 radical (unpaired) electrons. The first-order chi connectivity index (χ1) is 7.67. The Labute approximate surface area is 98.0 Å². The average Bonchev–Trinajstić information content (AvgIpc) is 2.30. The summed E-state index contributed by atoms with van der Waals surface area (Å²) in [5, 5.41) is 3.46. The first-order valence-electron chi connectivity index (χ1n) is 5.73. The molecule has 3 nitrogen and oxygen atoms in total. The molecular formula is C13H22N2O. The van der Waals surface area contributed by atoms with Gasteiger partial charge in [0, 0.05) is 19.1 Å². The predicted molar refractivity (Wildman–Crippen MR) is 67.5 cm³/mol. The maximum Gasteiger partial charge on any atom is 0.118 e. The fraction of sp³-hybridized carbons (Fsp3) is 0.538. The second-order valence-corrected chi connectivity index (χ2v) is 4.32. The zero-order valence-corrected chi connectivity index (χ0v) is 10.4. The molecule has 0 spiro atoms. The van der Waals surface area contributed by atoms with Crippen LogP contribution in [0.4, 0.5) is 0 Å². The van der Waals surface area contributed by atoms with Crippen LogP contribution in [0, 0.1) is 5.92 Å². The Balaban J connectivity index is 2.47. The third kappa shape index (κ3) is 3.83. The lowest BCUT2D eigenvalue weighted by molar-refractivity contribution is 0.403. The van der Waals surface area contributed by atoms with Crippen molar-refractivity contribution in [3.63, 3.8) is 0 Å². The van der Waals surface area contributed by atoms with Gasteiger partial charge < -0.3 is 15.8 Å². The van der Waals surface area contributed by atoms with E-state index in [4.69, 9.17) is 10.5 Å². The summed E-state index contributed by atoms with van der Waals surface area (Å²) in [5.74, 6) is 1.45. The normalized spacial score (nSPS) is 12.8. The van der Waals surface area contributed by atoms with Crippen molar-refractivity contribution >= 4 is 0 Å². The molecule has 1 aromatic rings. The average molecular weight is 222 g/mol. The van der Waals surface area contributed by atoms with Crippen LogP contribution in [-0.2, 0) is 6.54 Å². The van der Waals surface area contributed by atoms with E-state index in [1.165, 1.54) is 5.56 Å². The summed E-state index contributed by atoms with van der Waals surface area (Å²) < 4.78 is 5.11. The molecule has 0 amide bonds. The quantitative estimate of drug-likeness (QED) is 0.771. The van der Waals surface area contributed by atoms with E-state index in [0.717, 1.165) is 12.3 Å². The van der Waals surface area contributed by atoms with Gasteiger partial charge in [0.2, 0.25) is 0 Å². The predicted octanol–water partition coefficient (Wildman–Crippen LogP) is 1.77. The van der Waals surface area contributed by atoms with Crippen molar-refractivity contribution < 1.29 is 4.74 Å². The van der Waals surface area contributed by atoms with Crippen molar-refractivity contribution in [2.24, 2.45) is 11.7 Å². The van der Waals surface area contributed by atoms with Crippen LogP contribution in [0.15, 0.2) is 24.3 Å². The van der Waals surface area contributed by atoms with E-state index >= 15 is 0 Å². The van der Waals surface area contributed by atoms with Crippen LogP contribution in [0.5, 0.6) is 5.75 Å². The lowest BCUT2D eigenvalue weighted by Crippen LogP contribution is -2.39. The minimum absolute atomic E-state index is 0.377. The first-order valence-corrected chi connectivity index (χ1v) is 5.73. The molecule has 0 aliphatic heterocycles. The molecule has 16 heavy (non-hydrogen) atoms. The molecule has 0 fully saturated rings. The molecule has 90 valence electrons. The zero-order valence-electron chi connectivity index (χ0n) is 10.4. The highest BCUT2D eigenvalue weighted by Gasteiger charge is 2.09. The number of hydrogen-bond acceptors (Lipinski definition) is 3. The van der Waals surface area contributed by atoms with Crippen LogP contribution in [0.1, 0.15) is 19.4 Å². The standard InChI is InChI=1S/C13H22N2O/c1-10(2)13(8-14)15-9-11-4-6-12(16-3)7-5-11/h4-7,10,13,15H,8-9,14H2,1-3H3. The van der Waals surface area contributed by atoms with E-state index in [1.54, 1.807) is 7.11 Å². The number of hydrogen-bond donors (Lipinski definition) is 2. The minimum Gasteiger partial charge on any atom is -0.497 e. The maximum atomic E-state index is 5.70. The van der Waals surface area contributed by atoms with Crippen molar-refractivity contribution in [3.8, 4) is 5.75 Å². The molecule has 1 rings (SSSR count). The Hall–Kier alpha value is -1.06. The minimum atomic E-state index is 0.377. The van der Waals surface area contributed by atoms with Gasteiger partial charge in [-0.1, -0.05) is 26.0 Å². The Kier molecular flexibility index (Phi) is 5.29. The van der Waals surface area contributed by atoms with E-state index in [-0.39, 0.29) is 0 Å². The molecule has 1 atom stereocenters. The van der Waals surface area contributed by atoms with Crippen molar-refractivity contribution in [1.82, 2.24) is 5.32 Å². The topological polar surface area (TPSA) is 47.3 Å². The fourth-order valence-electron chi connectivity index (χ4n) is 1.58. The molecule has 0 aromatic heterocycles. The Morgan fingerprint density at radius 2 is 1.88 bits per heavy atom. The molecule has 0 aliphatic carbocycles. The molecule has 3 heteroatoms. The number of methoxy groups -OCH3 is 1. The van der Waals surface area contributed by atoms with Gasteiger partial charge in [-0.25, -0.2) is 0 Å². The van der Waals surface area contributed by atoms with Gasteiger partial charge in [-0.3, -0.25) is 0 Å². The van der Waals surface area contributed by atoms with Crippen molar-refractivity contribution in [2.75, 3.05) is 13.7 Å². The molecule has 3 N–H and O–H groups in total. The second kappa shape index (κ2) is 6.51. The van der Waals surface area contributed by atoms with Crippen LogP contribution in [0.25, 0.3) is 0 Å². The van der Waals surface area contributed by atoms with Crippen LogP contribution in [-0.4, -0.2) is 19.7 Å².